The maximum Gasteiger partial charge on any atom is 0.113 e. The van der Waals surface area contributed by atoms with Crippen LogP contribution in [0.15, 0.2) is 45.6 Å². The van der Waals surface area contributed by atoms with Crippen molar-refractivity contribution in [1.29, 1.82) is 0 Å². The van der Waals surface area contributed by atoms with E-state index in [1.54, 1.807) is 11.3 Å². The molecule has 0 spiro atoms. The Labute approximate surface area is 102 Å². The van der Waals surface area contributed by atoms with Crippen LogP contribution in [0.4, 0.5) is 0 Å². The van der Waals surface area contributed by atoms with E-state index in [-0.39, 0.29) is 0 Å². The van der Waals surface area contributed by atoms with Gasteiger partial charge < -0.3 is 5.11 Å². The lowest BCUT2D eigenvalue weighted by Crippen LogP contribution is -2.21. The zero-order valence-electron chi connectivity index (χ0n) is 8.27. The maximum atomic E-state index is 10.4. The molecule has 0 fully saturated rings. The summed E-state index contributed by atoms with van der Waals surface area (Å²) in [5, 5.41) is 14.4. The first kappa shape index (κ1) is 10.9. The quantitative estimate of drug-likeness (QED) is 0.889. The molecule has 0 saturated carbocycles. The lowest BCUT2D eigenvalue weighted by Gasteiger charge is -2.23. The van der Waals surface area contributed by atoms with E-state index in [4.69, 9.17) is 0 Å². The fraction of sp³-hybridized carbons (Fsp3) is 0.167. The normalized spacial score (nSPS) is 14.9. The Morgan fingerprint density at radius 3 is 2.33 bits per heavy atom. The number of halogens is 1. The summed E-state index contributed by atoms with van der Waals surface area (Å²) >= 11 is 4.98. The summed E-state index contributed by atoms with van der Waals surface area (Å²) in [6.07, 6.45) is 0. The molecule has 1 heterocycles. The predicted octanol–water partition coefficient (Wildman–Crippen LogP) is 3.77. The Morgan fingerprint density at radius 1 is 1.13 bits per heavy atom. The molecule has 1 unspecified atom stereocenters. The molecule has 0 aliphatic rings. The summed E-state index contributed by atoms with van der Waals surface area (Å²) in [4.78, 5) is 0. The minimum Gasteiger partial charge on any atom is -0.381 e. The highest BCUT2D eigenvalue weighted by Crippen LogP contribution is 2.31. The third kappa shape index (κ3) is 2.14. The van der Waals surface area contributed by atoms with Crippen molar-refractivity contribution in [2.75, 3.05) is 0 Å². The minimum absolute atomic E-state index is 0.902. The first-order valence-corrected chi connectivity index (χ1v) is 6.35. The number of benzene rings is 1. The van der Waals surface area contributed by atoms with Crippen molar-refractivity contribution in [3.8, 4) is 0 Å². The average Bonchev–Trinajstić information content (AvgIpc) is 2.71. The van der Waals surface area contributed by atoms with Gasteiger partial charge in [0.15, 0.2) is 0 Å². The second-order valence-corrected chi connectivity index (χ2v) is 5.29. The molecular formula is C12H11BrOS. The molecule has 15 heavy (non-hydrogen) atoms. The van der Waals surface area contributed by atoms with Crippen molar-refractivity contribution in [3.05, 3.63) is 56.7 Å². The fourth-order valence-electron chi connectivity index (χ4n) is 1.48. The van der Waals surface area contributed by atoms with Crippen molar-refractivity contribution in [2.45, 2.75) is 12.5 Å². The van der Waals surface area contributed by atoms with E-state index < -0.39 is 5.60 Å². The molecule has 1 aromatic carbocycles. The van der Waals surface area contributed by atoms with Crippen LogP contribution in [0.2, 0.25) is 0 Å². The third-order valence-electron chi connectivity index (χ3n) is 2.49. The number of hydrogen-bond acceptors (Lipinski definition) is 2. The molecular weight excluding hydrogens is 272 g/mol. The summed E-state index contributed by atoms with van der Waals surface area (Å²) in [5.41, 5.74) is 0.944. The van der Waals surface area contributed by atoms with E-state index >= 15 is 0 Å². The molecule has 0 aliphatic carbocycles. The summed E-state index contributed by atoms with van der Waals surface area (Å²) in [6.45, 7) is 1.82. The van der Waals surface area contributed by atoms with E-state index in [1.165, 1.54) is 0 Å². The highest BCUT2D eigenvalue weighted by atomic mass is 79.9. The molecule has 0 bridgehead atoms. The van der Waals surface area contributed by atoms with Gasteiger partial charge in [0.25, 0.3) is 0 Å². The Balaban J connectivity index is 2.41. The molecule has 0 saturated heterocycles. The molecule has 1 N–H and O–H groups in total. The number of hydrogen-bond donors (Lipinski definition) is 1. The van der Waals surface area contributed by atoms with E-state index in [0.717, 1.165) is 15.6 Å². The van der Waals surface area contributed by atoms with E-state index in [9.17, 15) is 5.11 Å². The van der Waals surface area contributed by atoms with Crippen LogP contribution in [-0.4, -0.2) is 5.11 Å². The van der Waals surface area contributed by atoms with Crippen molar-refractivity contribution in [2.24, 2.45) is 0 Å². The maximum absolute atomic E-state index is 10.4. The van der Waals surface area contributed by atoms with Crippen molar-refractivity contribution < 1.29 is 5.11 Å². The van der Waals surface area contributed by atoms with E-state index in [1.807, 2.05) is 48.0 Å². The first-order chi connectivity index (χ1) is 7.10. The SMILES string of the molecule is CC(O)(c1ccc(Br)cc1)c1ccsc1. The molecule has 78 valence electrons. The lowest BCUT2D eigenvalue weighted by atomic mass is 9.90. The summed E-state index contributed by atoms with van der Waals surface area (Å²) in [7, 11) is 0. The molecule has 0 amide bonds. The average molecular weight is 283 g/mol. The van der Waals surface area contributed by atoms with Gasteiger partial charge in [0, 0.05) is 4.47 Å². The summed E-state index contributed by atoms with van der Waals surface area (Å²) in [5.74, 6) is 0. The Bertz CT molecular complexity index is 431. The van der Waals surface area contributed by atoms with Crippen LogP contribution in [0.5, 0.6) is 0 Å². The monoisotopic (exact) mass is 282 g/mol. The molecule has 1 atom stereocenters. The number of rotatable bonds is 2. The second-order valence-electron chi connectivity index (χ2n) is 3.59. The third-order valence-corrected chi connectivity index (χ3v) is 3.70. The van der Waals surface area contributed by atoms with Crippen LogP contribution in [-0.2, 0) is 5.60 Å². The first-order valence-electron chi connectivity index (χ1n) is 4.62. The molecule has 1 nitrogen and oxygen atoms in total. The highest BCUT2D eigenvalue weighted by molar-refractivity contribution is 9.10. The van der Waals surface area contributed by atoms with Crippen LogP contribution < -0.4 is 0 Å². The Morgan fingerprint density at radius 2 is 1.80 bits per heavy atom. The molecule has 0 aliphatic heterocycles. The van der Waals surface area contributed by atoms with Gasteiger partial charge in [0.2, 0.25) is 0 Å². The predicted molar refractivity (Wildman–Crippen MR) is 67.1 cm³/mol. The molecule has 2 rings (SSSR count). The standard InChI is InChI=1S/C12H11BrOS/c1-12(14,10-6-7-15-8-10)9-2-4-11(13)5-3-9/h2-8,14H,1H3. The van der Waals surface area contributed by atoms with Gasteiger partial charge >= 0.3 is 0 Å². The molecule has 0 radical (unpaired) electrons. The van der Waals surface area contributed by atoms with Gasteiger partial charge in [-0.3, -0.25) is 0 Å². The van der Waals surface area contributed by atoms with Gasteiger partial charge in [-0.15, -0.1) is 0 Å². The molecule has 3 heteroatoms. The largest absolute Gasteiger partial charge is 0.381 e. The zero-order chi connectivity index (χ0) is 10.9. The topological polar surface area (TPSA) is 20.2 Å². The Kier molecular flexibility index (Phi) is 2.96. The number of thiophene rings is 1. The van der Waals surface area contributed by atoms with Crippen molar-refractivity contribution >= 4 is 27.3 Å². The van der Waals surface area contributed by atoms with Crippen LogP contribution in [0.25, 0.3) is 0 Å². The smallest absolute Gasteiger partial charge is 0.113 e. The summed E-state index contributed by atoms with van der Waals surface area (Å²) in [6, 6.07) is 9.70. The van der Waals surface area contributed by atoms with Crippen LogP contribution in [0, 0.1) is 0 Å². The molecule has 2 aromatic rings. The van der Waals surface area contributed by atoms with Crippen molar-refractivity contribution in [1.82, 2.24) is 0 Å². The van der Waals surface area contributed by atoms with E-state index in [2.05, 4.69) is 15.9 Å². The van der Waals surface area contributed by atoms with E-state index in [0.29, 0.717) is 0 Å². The minimum atomic E-state index is -0.902. The Hall–Kier alpha value is -0.640. The van der Waals surface area contributed by atoms with Gasteiger partial charge in [0.05, 0.1) is 0 Å². The van der Waals surface area contributed by atoms with Gasteiger partial charge in [-0.05, 0) is 47.0 Å². The van der Waals surface area contributed by atoms with Gasteiger partial charge in [-0.1, -0.05) is 28.1 Å². The van der Waals surface area contributed by atoms with Gasteiger partial charge in [0.1, 0.15) is 5.60 Å². The van der Waals surface area contributed by atoms with Crippen molar-refractivity contribution in [3.63, 3.8) is 0 Å². The van der Waals surface area contributed by atoms with Crippen LogP contribution >= 0.6 is 27.3 Å². The highest BCUT2D eigenvalue weighted by Gasteiger charge is 2.25. The van der Waals surface area contributed by atoms with Crippen LogP contribution in [0.3, 0.4) is 0 Å². The number of aliphatic hydroxyl groups is 1. The lowest BCUT2D eigenvalue weighted by molar-refractivity contribution is 0.103. The van der Waals surface area contributed by atoms with Gasteiger partial charge in [-0.25, -0.2) is 0 Å². The fourth-order valence-corrected chi connectivity index (χ4v) is 2.51. The second kappa shape index (κ2) is 4.08. The zero-order valence-corrected chi connectivity index (χ0v) is 10.7. The summed E-state index contributed by atoms with van der Waals surface area (Å²) < 4.78 is 1.02. The van der Waals surface area contributed by atoms with Crippen LogP contribution in [0.1, 0.15) is 18.1 Å². The van der Waals surface area contributed by atoms with Gasteiger partial charge in [-0.2, -0.15) is 11.3 Å². The molecule has 1 aromatic heterocycles.